The summed E-state index contributed by atoms with van der Waals surface area (Å²) >= 11 is 3.48. The Bertz CT molecular complexity index is 852. The number of benzene rings is 2. The van der Waals surface area contributed by atoms with Crippen molar-refractivity contribution >= 4 is 45.1 Å². The highest BCUT2D eigenvalue weighted by atomic mass is 79.9. The van der Waals surface area contributed by atoms with Gasteiger partial charge in [-0.1, -0.05) is 58.4 Å². The van der Waals surface area contributed by atoms with Gasteiger partial charge in [0.2, 0.25) is 0 Å². The Morgan fingerprint density at radius 2 is 1.81 bits per heavy atom. The summed E-state index contributed by atoms with van der Waals surface area (Å²) in [4.78, 5) is 11.2. The van der Waals surface area contributed by atoms with Crippen LogP contribution in [0.3, 0.4) is 0 Å². The maximum absolute atomic E-state index is 11.2. The number of nitrogens with zero attached hydrogens (tertiary/aromatic N) is 2. The molecule has 21 heavy (non-hydrogen) atoms. The number of hydrogen-bond acceptors (Lipinski definition) is 2. The molecule has 0 spiro atoms. The van der Waals surface area contributed by atoms with Crippen LogP contribution in [-0.2, 0) is 0 Å². The molecule has 0 saturated heterocycles. The molecule has 1 heterocycles. The van der Waals surface area contributed by atoms with Gasteiger partial charge >= 0.3 is 6.09 Å². The highest BCUT2D eigenvalue weighted by Crippen LogP contribution is 2.22. The number of hydrogen-bond donors (Lipinski definition) is 1. The first-order valence-corrected chi connectivity index (χ1v) is 7.10. The summed E-state index contributed by atoms with van der Waals surface area (Å²) in [7, 11) is 0. The highest BCUT2D eigenvalue weighted by Gasteiger charge is 2.12. The molecule has 0 aliphatic carbocycles. The molecular weight excluding hydrogens is 332 g/mol. The number of rotatable bonds is 2. The third kappa shape index (κ3) is 2.60. The standard InChI is InChI=1S/C16H11BrN2O2/c17-13-7-3-1-5-11(13)9-10-14-12-6-2-4-8-15(12)19(18-14)16(20)21/h1-10H,(H,20,21)/b10-9+. The molecule has 4 nitrogen and oxygen atoms in total. The molecule has 0 bridgehead atoms. The number of halogens is 1. The Kier molecular flexibility index (Phi) is 3.58. The minimum absolute atomic E-state index is 0.580. The molecule has 0 aliphatic rings. The molecule has 1 aromatic heterocycles. The summed E-state index contributed by atoms with van der Waals surface area (Å²) in [6.45, 7) is 0. The molecule has 0 saturated carbocycles. The maximum Gasteiger partial charge on any atom is 0.432 e. The van der Waals surface area contributed by atoms with E-state index in [2.05, 4.69) is 21.0 Å². The van der Waals surface area contributed by atoms with Crippen LogP contribution in [0.5, 0.6) is 0 Å². The van der Waals surface area contributed by atoms with Crippen molar-refractivity contribution in [3.8, 4) is 0 Å². The summed E-state index contributed by atoms with van der Waals surface area (Å²) in [5, 5.41) is 14.2. The second-order valence-corrected chi connectivity index (χ2v) is 5.31. The van der Waals surface area contributed by atoms with Gasteiger partial charge in [0.25, 0.3) is 0 Å². The normalized spacial score (nSPS) is 11.3. The minimum Gasteiger partial charge on any atom is -0.463 e. The number of aromatic nitrogens is 2. The lowest BCUT2D eigenvalue weighted by atomic mass is 10.1. The zero-order valence-corrected chi connectivity index (χ0v) is 12.5. The largest absolute Gasteiger partial charge is 0.463 e. The van der Waals surface area contributed by atoms with Gasteiger partial charge in [-0.25, -0.2) is 4.79 Å². The second-order valence-electron chi connectivity index (χ2n) is 4.45. The van der Waals surface area contributed by atoms with Gasteiger partial charge in [-0.15, -0.1) is 0 Å². The van der Waals surface area contributed by atoms with Gasteiger partial charge in [-0.2, -0.15) is 9.78 Å². The molecule has 3 rings (SSSR count). The van der Waals surface area contributed by atoms with Crippen molar-refractivity contribution in [2.75, 3.05) is 0 Å². The van der Waals surface area contributed by atoms with Gasteiger partial charge in [0.1, 0.15) is 0 Å². The van der Waals surface area contributed by atoms with Crippen molar-refractivity contribution in [1.29, 1.82) is 0 Å². The Labute approximate surface area is 129 Å². The minimum atomic E-state index is -1.09. The molecule has 2 aromatic carbocycles. The van der Waals surface area contributed by atoms with E-state index < -0.39 is 6.09 Å². The summed E-state index contributed by atoms with van der Waals surface area (Å²) in [6, 6.07) is 15.1. The van der Waals surface area contributed by atoms with E-state index in [0.29, 0.717) is 11.2 Å². The first kappa shape index (κ1) is 13.6. The third-order valence-electron chi connectivity index (χ3n) is 3.12. The quantitative estimate of drug-likeness (QED) is 0.746. The van der Waals surface area contributed by atoms with Crippen molar-refractivity contribution < 1.29 is 9.90 Å². The van der Waals surface area contributed by atoms with Gasteiger partial charge in [0, 0.05) is 9.86 Å². The molecule has 0 atom stereocenters. The summed E-state index contributed by atoms with van der Waals surface area (Å²) < 4.78 is 1.97. The zero-order chi connectivity index (χ0) is 14.8. The number of carbonyl (C=O) groups is 1. The first-order valence-electron chi connectivity index (χ1n) is 6.30. The molecule has 0 aliphatic heterocycles. The Hall–Kier alpha value is -2.40. The fourth-order valence-electron chi connectivity index (χ4n) is 2.14. The van der Waals surface area contributed by atoms with E-state index >= 15 is 0 Å². The van der Waals surface area contributed by atoms with E-state index in [0.717, 1.165) is 20.1 Å². The number of para-hydroxylation sites is 1. The van der Waals surface area contributed by atoms with Gasteiger partial charge in [0.05, 0.1) is 11.2 Å². The second kappa shape index (κ2) is 5.54. The lowest BCUT2D eigenvalue weighted by molar-refractivity contribution is 0.194. The average molecular weight is 343 g/mol. The molecule has 3 aromatic rings. The molecule has 104 valence electrons. The van der Waals surface area contributed by atoms with E-state index in [1.165, 1.54) is 0 Å². The van der Waals surface area contributed by atoms with Crippen molar-refractivity contribution in [1.82, 2.24) is 9.78 Å². The fraction of sp³-hybridized carbons (Fsp3) is 0. The first-order chi connectivity index (χ1) is 10.2. The van der Waals surface area contributed by atoms with Crippen LogP contribution in [0.4, 0.5) is 4.79 Å². The highest BCUT2D eigenvalue weighted by molar-refractivity contribution is 9.10. The topological polar surface area (TPSA) is 55.1 Å². The molecule has 0 fully saturated rings. The van der Waals surface area contributed by atoms with Crippen molar-refractivity contribution in [2.24, 2.45) is 0 Å². The van der Waals surface area contributed by atoms with E-state index in [9.17, 15) is 9.90 Å². The van der Waals surface area contributed by atoms with E-state index in [4.69, 9.17) is 0 Å². The molecular formula is C16H11BrN2O2. The van der Waals surface area contributed by atoms with Crippen LogP contribution in [0.15, 0.2) is 53.0 Å². The molecule has 5 heteroatoms. The number of fused-ring (bicyclic) bond motifs is 1. The number of carboxylic acid groups (broad SMARTS) is 1. The summed E-state index contributed by atoms with van der Waals surface area (Å²) in [5.74, 6) is 0. The van der Waals surface area contributed by atoms with Crippen LogP contribution in [0, 0.1) is 0 Å². The van der Waals surface area contributed by atoms with Gasteiger partial charge < -0.3 is 5.11 Å². The van der Waals surface area contributed by atoms with Crippen LogP contribution in [0.25, 0.3) is 23.1 Å². The predicted molar refractivity (Wildman–Crippen MR) is 86.2 cm³/mol. The van der Waals surface area contributed by atoms with Crippen LogP contribution in [0.2, 0.25) is 0 Å². The lowest BCUT2D eigenvalue weighted by Gasteiger charge is -1.96. The molecule has 0 radical (unpaired) electrons. The summed E-state index contributed by atoms with van der Waals surface area (Å²) in [6.07, 6.45) is 2.64. The average Bonchev–Trinajstić information content (AvgIpc) is 2.86. The molecule has 1 N–H and O–H groups in total. The van der Waals surface area contributed by atoms with Crippen LogP contribution >= 0.6 is 15.9 Å². The van der Waals surface area contributed by atoms with Crippen LogP contribution in [-0.4, -0.2) is 21.0 Å². The Morgan fingerprint density at radius 1 is 1.10 bits per heavy atom. The Balaban J connectivity index is 2.09. The zero-order valence-electron chi connectivity index (χ0n) is 10.9. The van der Waals surface area contributed by atoms with Crippen molar-refractivity contribution in [2.45, 2.75) is 0 Å². The third-order valence-corrected chi connectivity index (χ3v) is 3.85. The monoisotopic (exact) mass is 342 g/mol. The van der Waals surface area contributed by atoms with Crippen molar-refractivity contribution in [3.05, 3.63) is 64.3 Å². The summed E-state index contributed by atoms with van der Waals surface area (Å²) in [5.41, 5.74) is 2.21. The van der Waals surface area contributed by atoms with E-state index in [1.807, 2.05) is 48.6 Å². The fourth-order valence-corrected chi connectivity index (χ4v) is 2.56. The van der Waals surface area contributed by atoms with E-state index in [-0.39, 0.29) is 0 Å². The van der Waals surface area contributed by atoms with Crippen LogP contribution in [0.1, 0.15) is 11.3 Å². The molecule has 0 amide bonds. The molecule has 0 unspecified atom stereocenters. The lowest BCUT2D eigenvalue weighted by Crippen LogP contribution is -2.09. The maximum atomic E-state index is 11.2. The van der Waals surface area contributed by atoms with Crippen molar-refractivity contribution in [3.63, 3.8) is 0 Å². The predicted octanol–water partition coefficient (Wildman–Crippen LogP) is 4.50. The van der Waals surface area contributed by atoms with Gasteiger partial charge in [-0.05, 0) is 23.8 Å². The smallest absolute Gasteiger partial charge is 0.432 e. The van der Waals surface area contributed by atoms with E-state index in [1.54, 1.807) is 12.1 Å². The van der Waals surface area contributed by atoms with Crippen LogP contribution < -0.4 is 0 Å². The SMILES string of the molecule is O=C(O)n1nc(/C=C/c2ccccc2Br)c2ccccc21. The Morgan fingerprint density at radius 3 is 2.57 bits per heavy atom. The van der Waals surface area contributed by atoms with Gasteiger partial charge in [0.15, 0.2) is 0 Å². The van der Waals surface area contributed by atoms with Gasteiger partial charge in [-0.3, -0.25) is 0 Å².